The van der Waals surface area contributed by atoms with Gasteiger partial charge in [0.1, 0.15) is 17.1 Å². The number of likely N-dealkylation sites (tertiary alicyclic amines) is 1. The van der Waals surface area contributed by atoms with Crippen molar-refractivity contribution >= 4 is 17.2 Å². The van der Waals surface area contributed by atoms with E-state index in [1.54, 1.807) is 19.4 Å². The summed E-state index contributed by atoms with van der Waals surface area (Å²) in [7, 11) is 1.61. The molecule has 174 valence electrons. The van der Waals surface area contributed by atoms with E-state index in [9.17, 15) is 18.8 Å². The third-order valence-electron chi connectivity index (χ3n) is 6.35. The molecule has 1 aromatic carbocycles. The van der Waals surface area contributed by atoms with E-state index in [4.69, 9.17) is 4.74 Å². The maximum atomic E-state index is 13.4. The average molecular weight is 454 g/mol. The second kappa shape index (κ2) is 9.60. The number of methoxy groups -OCH3 is 1. The van der Waals surface area contributed by atoms with Crippen LogP contribution in [-0.4, -0.2) is 46.2 Å². The van der Waals surface area contributed by atoms with Gasteiger partial charge in [0.15, 0.2) is 5.78 Å². The molecule has 0 unspecified atom stereocenters. The Hall–Kier alpha value is -3.42. The number of ether oxygens (including phenoxy) is 1. The number of aromatic amines is 1. The van der Waals surface area contributed by atoms with Gasteiger partial charge in [0, 0.05) is 55.1 Å². The minimum atomic E-state index is -0.461. The Morgan fingerprint density at radius 2 is 1.94 bits per heavy atom. The van der Waals surface area contributed by atoms with Crippen LogP contribution in [0.3, 0.4) is 0 Å². The molecule has 4 rings (SSSR count). The number of carbonyl (C=O) groups excluding carboxylic acids is 2. The fourth-order valence-electron chi connectivity index (χ4n) is 4.52. The van der Waals surface area contributed by atoms with Crippen molar-refractivity contribution in [2.45, 2.75) is 39.0 Å². The lowest BCUT2D eigenvalue weighted by molar-refractivity contribution is -0.132. The Morgan fingerprint density at radius 3 is 2.64 bits per heavy atom. The van der Waals surface area contributed by atoms with Gasteiger partial charge in [0.2, 0.25) is 5.91 Å². The van der Waals surface area contributed by atoms with Crippen LogP contribution in [0.5, 0.6) is 5.75 Å². The van der Waals surface area contributed by atoms with Gasteiger partial charge in [-0.3, -0.25) is 14.4 Å². The number of hydrogen-bond acceptors (Lipinski definition) is 4. The van der Waals surface area contributed by atoms with Gasteiger partial charge in [-0.1, -0.05) is 0 Å². The van der Waals surface area contributed by atoms with Crippen molar-refractivity contribution in [2.75, 3.05) is 20.2 Å². The fourth-order valence-corrected chi connectivity index (χ4v) is 4.52. The minimum absolute atomic E-state index is 0.0524. The Balaban J connectivity index is 1.27. The first-order chi connectivity index (χ1) is 15.9. The van der Waals surface area contributed by atoms with Crippen molar-refractivity contribution < 1.29 is 18.7 Å². The normalized spacial score (nSPS) is 14.6. The molecule has 1 amide bonds. The molecule has 1 fully saturated rings. The summed E-state index contributed by atoms with van der Waals surface area (Å²) in [4.78, 5) is 42.1. The maximum absolute atomic E-state index is 13.4. The predicted octanol–water partition coefficient (Wildman–Crippen LogP) is 3.53. The van der Waals surface area contributed by atoms with E-state index in [1.807, 2.05) is 24.0 Å². The minimum Gasteiger partial charge on any atom is -0.496 e. The summed E-state index contributed by atoms with van der Waals surface area (Å²) in [5.41, 5.74) is 2.19. The van der Waals surface area contributed by atoms with Gasteiger partial charge in [0.05, 0.1) is 7.11 Å². The van der Waals surface area contributed by atoms with Gasteiger partial charge in [-0.2, -0.15) is 0 Å². The fraction of sp³-hybridized carbons (Fsp3) is 0.400. The zero-order valence-electron chi connectivity index (χ0n) is 18.9. The van der Waals surface area contributed by atoms with Crippen LogP contribution in [0.15, 0.2) is 41.5 Å². The molecule has 0 atom stereocenters. The zero-order valence-corrected chi connectivity index (χ0v) is 18.9. The van der Waals surface area contributed by atoms with Crippen LogP contribution in [0, 0.1) is 18.7 Å². The molecule has 3 aromatic rings. The molecule has 1 aliphatic rings. The number of rotatable bonds is 7. The second-order valence-electron chi connectivity index (χ2n) is 8.62. The first-order valence-corrected chi connectivity index (χ1v) is 11.2. The number of nitrogens with zero attached hydrogens (tertiary/aromatic N) is 2. The lowest BCUT2D eigenvalue weighted by Gasteiger charge is -2.31. The smallest absolute Gasteiger partial charge is 0.272 e. The van der Waals surface area contributed by atoms with Gasteiger partial charge >= 0.3 is 0 Å². The van der Waals surface area contributed by atoms with Gasteiger partial charge < -0.3 is 19.0 Å². The standard InChI is InChI=1S/C25H28FN3O4/c1-16-12-18(6-7-22(16)33-2)24(31)17-8-10-28(11-9-17)23(30)5-3-4-20-15-29-14-19(26)13-21(29)25(32)27-20/h6-7,12-15,17H,3-5,8-11H2,1-2H3,(H,27,32). The number of nitrogens with one attached hydrogen (secondary N) is 1. The Kier molecular flexibility index (Phi) is 6.62. The highest BCUT2D eigenvalue weighted by Crippen LogP contribution is 2.25. The van der Waals surface area contributed by atoms with Crippen LogP contribution >= 0.6 is 0 Å². The molecular weight excluding hydrogens is 425 g/mol. The lowest BCUT2D eigenvalue weighted by Crippen LogP contribution is -2.40. The molecule has 7 nitrogen and oxygen atoms in total. The SMILES string of the molecule is COc1ccc(C(=O)C2CCN(C(=O)CCCc3cn4cc(F)cc4c(=O)[nH]3)CC2)cc1C. The number of ketones is 1. The molecule has 0 saturated carbocycles. The number of hydrogen-bond donors (Lipinski definition) is 1. The highest BCUT2D eigenvalue weighted by Gasteiger charge is 2.28. The van der Waals surface area contributed by atoms with Crippen LogP contribution in [0.1, 0.15) is 47.3 Å². The number of piperidine rings is 1. The first kappa shape index (κ1) is 22.8. The summed E-state index contributed by atoms with van der Waals surface area (Å²) in [6.07, 6.45) is 5.70. The number of aromatic nitrogens is 2. The summed E-state index contributed by atoms with van der Waals surface area (Å²) in [5, 5.41) is 0. The quantitative estimate of drug-likeness (QED) is 0.555. The molecule has 0 radical (unpaired) electrons. The molecule has 1 N–H and O–H groups in total. The number of carbonyl (C=O) groups is 2. The molecule has 2 aromatic heterocycles. The molecule has 1 aliphatic heterocycles. The van der Waals surface area contributed by atoms with Gasteiger partial charge in [-0.15, -0.1) is 0 Å². The predicted molar refractivity (Wildman–Crippen MR) is 122 cm³/mol. The van der Waals surface area contributed by atoms with Gasteiger partial charge in [-0.25, -0.2) is 4.39 Å². The van der Waals surface area contributed by atoms with Crippen molar-refractivity contribution in [1.82, 2.24) is 14.3 Å². The lowest BCUT2D eigenvalue weighted by atomic mass is 9.88. The van der Waals surface area contributed by atoms with Crippen LogP contribution < -0.4 is 10.3 Å². The number of fused-ring (bicyclic) bond motifs is 1. The molecule has 8 heteroatoms. The Labute approximate surface area is 191 Å². The van der Waals surface area contributed by atoms with Crippen molar-refractivity contribution in [3.05, 3.63) is 69.7 Å². The number of amides is 1. The Morgan fingerprint density at radius 1 is 1.18 bits per heavy atom. The topological polar surface area (TPSA) is 83.9 Å². The Bertz CT molecular complexity index is 1240. The van der Waals surface area contributed by atoms with Crippen LogP contribution in [0.25, 0.3) is 5.52 Å². The van der Waals surface area contributed by atoms with E-state index >= 15 is 0 Å². The highest BCUT2D eigenvalue weighted by molar-refractivity contribution is 5.98. The number of aryl methyl sites for hydroxylation is 2. The van der Waals surface area contributed by atoms with Crippen LogP contribution in [0.4, 0.5) is 4.39 Å². The van der Waals surface area contributed by atoms with E-state index in [2.05, 4.69) is 4.98 Å². The average Bonchev–Trinajstić information content (AvgIpc) is 3.19. The van der Waals surface area contributed by atoms with E-state index in [1.165, 1.54) is 16.7 Å². The number of Topliss-reactive ketones (excluding diaryl/α,β-unsaturated/α-hetero) is 1. The van der Waals surface area contributed by atoms with E-state index in [0.29, 0.717) is 56.5 Å². The van der Waals surface area contributed by atoms with Crippen LogP contribution in [0.2, 0.25) is 0 Å². The molecular formula is C25H28FN3O4. The summed E-state index contributed by atoms with van der Waals surface area (Å²) < 4.78 is 20.1. The first-order valence-electron chi connectivity index (χ1n) is 11.2. The van der Waals surface area contributed by atoms with E-state index < -0.39 is 5.82 Å². The van der Waals surface area contributed by atoms with Gasteiger partial charge in [0.25, 0.3) is 5.56 Å². The van der Waals surface area contributed by atoms with Gasteiger partial charge in [-0.05, 0) is 56.4 Å². The molecule has 3 heterocycles. The molecule has 0 bridgehead atoms. The van der Waals surface area contributed by atoms with Crippen molar-refractivity contribution in [3.8, 4) is 5.75 Å². The molecule has 0 aliphatic carbocycles. The van der Waals surface area contributed by atoms with Crippen LogP contribution in [-0.2, 0) is 11.2 Å². The second-order valence-corrected chi connectivity index (χ2v) is 8.62. The summed E-state index contributed by atoms with van der Waals surface area (Å²) in [6.45, 7) is 3.05. The van der Waals surface area contributed by atoms with E-state index in [0.717, 1.165) is 11.3 Å². The zero-order chi connectivity index (χ0) is 23.5. The van der Waals surface area contributed by atoms with Crippen molar-refractivity contribution in [1.29, 1.82) is 0 Å². The maximum Gasteiger partial charge on any atom is 0.272 e. The summed E-state index contributed by atoms with van der Waals surface area (Å²) in [6, 6.07) is 6.67. The van der Waals surface area contributed by atoms with E-state index in [-0.39, 0.29) is 28.7 Å². The number of halogens is 1. The number of H-pyrrole nitrogens is 1. The third kappa shape index (κ3) is 4.99. The number of benzene rings is 1. The molecule has 33 heavy (non-hydrogen) atoms. The highest BCUT2D eigenvalue weighted by atomic mass is 19.1. The summed E-state index contributed by atoms with van der Waals surface area (Å²) >= 11 is 0. The molecule has 0 spiro atoms. The monoisotopic (exact) mass is 453 g/mol. The van der Waals surface area contributed by atoms with Crippen molar-refractivity contribution in [2.24, 2.45) is 5.92 Å². The summed E-state index contributed by atoms with van der Waals surface area (Å²) in [5.74, 6) is 0.388. The largest absolute Gasteiger partial charge is 0.496 e. The van der Waals surface area contributed by atoms with Crippen molar-refractivity contribution in [3.63, 3.8) is 0 Å². The third-order valence-corrected chi connectivity index (χ3v) is 6.35. The molecule has 1 saturated heterocycles.